The zero-order valence-electron chi connectivity index (χ0n) is 9.03. The van der Waals surface area contributed by atoms with Crippen LogP contribution in [0.4, 0.5) is 0 Å². The van der Waals surface area contributed by atoms with E-state index < -0.39 is 0 Å². The summed E-state index contributed by atoms with van der Waals surface area (Å²) >= 11 is 0. The third kappa shape index (κ3) is 1.94. The Hall–Kier alpha value is -2.14. The summed E-state index contributed by atoms with van der Waals surface area (Å²) in [6.45, 7) is 1.56. The maximum Gasteiger partial charge on any atom is 0.159 e. The topological polar surface area (TPSA) is 40.9 Å². The summed E-state index contributed by atoms with van der Waals surface area (Å²) in [5.74, 6) is 0.0722. The Morgan fingerprint density at radius 2 is 1.88 bits per heavy atom. The number of nitriles is 1. The molecule has 0 spiro atoms. The van der Waals surface area contributed by atoms with Gasteiger partial charge in [0, 0.05) is 5.56 Å². The van der Waals surface area contributed by atoms with Crippen molar-refractivity contribution in [2.75, 3.05) is 0 Å². The Kier molecular flexibility index (Phi) is 2.70. The van der Waals surface area contributed by atoms with E-state index >= 15 is 0 Å². The van der Waals surface area contributed by atoms with Gasteiger partial charge in [0.15, 0.2) is 5.78 Å². The molecular weight excluding hydrogens is 198 g/mol. The molecule has 0 aliphatic heterocycles. The molecule has 0 unspecified atom stereocenters. The number of fused-ring (bicyclic) bond motifs is 1. The summed E-state index contributed by atoms with van der Waals surface area (Å²) in [4.78, 5) is 11.2. The smallest absolute Gasteiger partial charge is 0.159 e. The van der Waals surface area contributed by atoms with Gasteiger partial charge in [0.1, 0.15) is 0 Å². The molecule has 0 heterocycles. The fourth-order valence-electron chi connectivity index (χ4n) is 1.72. The highest BCUT2D eigenvalue weighted by Crippen LogP contribution is 2.18. The molecule has 2 aromatic carbocycles. The first-order valence-corrected chi connectivity index (χ1v) is 5.11. The van der Waals surface area contributed by atoms with Crippen LogP contribution in [0.15, 0.2) is 36.4 Å². The van der Waals surface area contributed by atoms with Gasteiger partial charge in [-0.15, -0.1) is 0 Å². The van der Waals surface area contributed by atoms with Crippen molar-refractivity contribution < 1.29 is 4.79 Å². The lowest BCUT2D eigenvalue weighted by molar-refractivity contribution is 0.101. The normalized spacial score (nSPS) is 10.0. The first-order valence-electron chi connectivity index (χ1n) is 5.11. The van der Waals surface area contributed by atoms with Crippen molar-refractivity contribution in [3.05, 3.63) is 47.5 Å². The van der Waals surface area contributed by atoms with E-state index in [-0.39, 0.29) is 5.78 Å². The maximum absolute atomic E-state index is 11.2. The summed E-state index contributed by atoms with van der Waals surface area (Å²) in [5, 5.41) is 10.7. The average Bonchev–Trinajstić information content (AvgIpc) is 2.28. The van der Waals surface area contributed by atoms with Crippen LogP contribution in [0.25, 0.3) is 10.8 Å². The molecule has 0 N–H and O–H groups in total. The number of ketones is 1. The van der Waals surface area contributed by atoms with Crippen LogP contribution in [-0.2, 0) is 6.42 Å². The molecule has 2 nitrogen and oxygen atoms in total. The van der Waals surface area contributed by atoms with Crippen LogP contribution in [0.1, 0.15) is 22.8 Å². The molecule has 0 amide bonds. The first kappa shape index (κ1) is 10.4. The molecule has 2 aromatic rings. The second-order valence-electron chi connectivity index (χ2n) is 3.79. The van der Waals surface area contributed by atoms with Crippen molar-refractivity contribution in [2.45, 2.75) is 13.3 Å². The summed E-state index contributed by atoms with van der Waals surface area (Å²) in [6, 6.07) is 13.6. The Balaban J connectivity index is 2.53. The Morgan fingerprint density at radius 3 is 2.56 bits per heavy atom. The van der Waals surface area contributed by atoms with E-state index in [4.69, 9.17) is 5.26 Å². The Morgan fingerprint density at radius 1 is 1.19 bits per heavy atom. The van der Waals surface area contributed by atoms with Gasteiger partial charge in [0.25, 0.3) is 0 Å². The van der Waals surface area contributed by atoms with E-state index in [0.29, 0.717) is 6.42 Å². The van der Waals surface area contributed by atoms with Crippen LogP contribution in [-0.4, -0.2) is 5.78 Å². The van der Waals surface area contributed by atoms with Crippen LogP contribution in [0.5, 0.6) is 0 Å². The highest BCUT2D eigenvalue weighted by atomic mass is 16.1. The molecule has 0 atom stereocenters. The monoisotopic (exact) mass is 209 g/mol. The fourth-order valence-corrected chi connectivity index (χ4v) is 1.72. The molecular formula is C14H11NO. The molecule has 0 saturated heterocycles. The van der Waals surface area contributed by atoms with Gasteiger partial charge in [-0.25, -0.2) is 0 Å². The minimum atomic E-state index is 0.0722. The van der Waals surface area contributed by atoms with E-state index in [1.807, 2.05) is 36.4 Å². The predicted molar refractivity (Wildman–Crippen MR) is 63.3 cm³/mol. The Labute approximate surface area is 94.1 Å². The molecule has 0 fully saturated rings. The number of hydrogen-bond acceptors (Lipinski definition) is 2. The van der Waals surface area contributed by atoms with Gasteiger partial charge in [-0.2, -0.15) is 5.26 Å². The van der Waals surface area contributed by atoms with Gasteiger partial charge in [-0.1, -0.05) is 30.3 Å². The molecule has 0 aliphatic rings. The van der Waals surface area contributed by atoms with Crippen molar-refractivity contribution >= 4 is 16.6 Å². The minimum absolute atomic E-state index is 0.0722. The van der Waals surface area contributed by atoms with Crippen molar-refractivity contribution in [3.63, 3.8) is 0 Å². The quantitative estimate of drug-likeness (QED) is 0.713. The van der Waals surface area contributed by atoms with Gasteiger partial charge >= 0.3 is 0 Å². The Bertz CT molecular complexity index is 593. The van der Waals surface area contributed by atoms with E-state index in [1.165, 1.54) is 0 Å². The molecule has 0 aromatic heterocycles. The first-order chi connectivity index (χ1) is 7.70. The number of hydrogen-bond donors (Lipinski definition) is 0. The molecule has 0 bridgehead atoms. The molecule has 78 valence electrons. The summed E-state index contributed by atoms with van der Waals surface area (Å²) in [7, 11) is 0. The second kappa shape index (κ2) is 4.16. The lowest BCUT2D eigenvalue weighted by Crippen LogP contribution is -1.91. The lowest BCUT2D eigenvalue weighted by Gasteiger charge is -2.02. The zero-order chi connectivity index (χ0) is 11.5. The minimum Gasteiger partial charge on any atom is -0.295 e. The number of rotatable bonds is 2. The predicted octanol–water partition coefficient (Wildman–Crippen LogP) is 3.11. The average molecular weight is 209 g/mol. The van der Waals surface area contributed by atoms with Crippen molar-refractivity contribution in [2.24, 2.45) is 0 Å². The molecule has 16 heavy (non-hydrogen) atoms. The lowest BCUT2D eigenvalue weighted by atomic mass is 10.0. The number of nitrogens with zero attached hydrogens (tertiary/aromatic N) is 1. The fraction of sp³-hybridized carbons (Fsp3) is 0.143. The summed E-state index contributed by atoms with van der Waals surface area (Å²) in [6.07, 6.45) is 0.421. The third-order valence-corrected chi connectivity index (χ3v) is 2.59. The van der Waals surface area contributed by atoms with Crippen molar-refractivity contribution in [1.29, 1.82) is 5.26 Å². The van der Waals surface area contributed by atoms with E-state index in [1.54, 1.807) is 6.92 Å². The van der Waals surface area contributed by atoms with Gasteiger partial charge in [0.2, 0.25) is 0 Å². The maximum atomic E-state index is 11.2. The zero-order valence-corrected chi connectivity index (χ0v) is 9.03. The number of carbonyl (C=O) groups excluding carboxylic acids is 1. The van der Waals surface area contributed by atoms with Crippen molar-refractivity contribution in [1.82, 2.24) is 0 Å². The largest absolute Gasteiger partial charge is 0.295 e. The van der Waals surface area contributed by atoms with Crippen molar-refractivity contribution in [3.8, 4) is 6.07 Å². The third-order valence-electron chi connectivity index (χ3n) is 2.59. The van der Waals surface area contributed by atoms with Gasteiger partial charge in [-0.05, 0) is 29.3 Å². The highest BCUT2D eigenvalue weighted by Gasteiger charge is 2.01. The van der Waals surface area contributed by atoms with Gasteiger partial charge in [-0.3, -0.25) is 4.79 Å². The summed E-state index contributed by atoms with van der Waals surface area (Å²) < 4.78 is 0. The van der Waals surface area contributed by atoms with E-state index in [9.17, 15) is 4.79 Å². The molecule has 2 heteroatoms. The van der Waals surface area contributed by atoms with Crippen LogP contribution in [0.2, 0.25) is 0 Å². The standard InChI is InChI=1S/C14H11NO/c1-10(16)12-4-5-13-8-11(6-7-15)2-3-14(13)9-12/h2-5,8-9H,6H2,1H3. The molecule has 0 radical (unpaired) electrons. The van der Waals surface area contributed by atoms with Crippen LogP contribution >= 0.6 is 0 Å². The van der Waals surface area contributed by atoms with Gasteiger partial charge in [0.05, 0.1) is 12.5 Å². The molecule has 0 saturated carbocycles. The summed E-state index contributed by atoms with van der Waals surface area (Å²) in [5.41, 5.74) is 1.73. The molecule has 2 rings (SSSR count). The van der Waals surface area contributed by atoms with E-state index in [2.05, 4.69) is 6.07 Å². The van der Waals surface area contributed by atoms with Crippen LogP contribution in [0, 0.1) is 11.3 Å². The van der Waals surface area contributed by atoms with Crippen LogP contribution in [0.3, 0.4) is 0 Å². The number of Topliss-reactive ketones (excluding diaryl/α,β-unsaturated/α-hetero) is 1. The van der Waals surface area contributed by atoms with E-state index in [0.717, 1.165) is 21.9 Å². The SMILES string of the molecule is CC(=O)c1ccc2cc(CC#N)ccc2c1. The second-order valence-corrected chi connectivity index (χ2v) is 3.79. The van der Waals surface area contributed by atoms with Crippen LogP contribution < -0.4 is 0 Å². The molecule has 0 aliphatic carbocycles. The van der Waals surface area contributed by atoms with Gasteiger partial charge < -0.3 is 0 Å². The highest BCUT2D eigenvalue weighted by molar-refractivity contribution is 5.98. The number of carbonyl (C=O) groups is 1. The number of benzene rings is 2.